The number of ether oxygens (including phenoxy) is 1. The van der Waals surface area contributed by atoms with Crippen LogP contribution in [0.3, 0.4) is 0 Å². The zero-order valence-corrected chi connectivity index (χ0v) is 15.2. The molecule has 0 saturated carbocycles. The maximum Gasteiger partial charge on any atom is 1.00 e. The fourth-order valence-corrected chi connectivity index (χ4v) is 1.75. The molecule has 1 aromatic heterocycles. The number of hydrogen-bond acceptors (Lipinski definition) is 5. The summed E-state index contributed by atoms with van der Waals surface area (Å²) >= 11 is 2.18. The van der Waals surface area contributed by atoms with E-state index in [9.17, 15) is 9.90 Å². The van der Waals surface area contributed by atoms with Crippen molar-refractivity contribution >= 4 is 36.1 Å². The molecule has 0 spiro atoms. The molecule has 0 aliphatic rings. The molecule has 0 fully saturated rings. The fraction of sp³-hybridized carbons (Fsp3) is 0.500. The van der Waals surface area contributed by atoms with Crippen LogP contribution in [-0.2, 0) is 11.5 Å². The Morgan fingerprint density at radius 3 is 3.00 bits per heavy atom. The maximum absolute atomic E-state index is 10.7. The van der Waals surface area contributed by atoms with Crippen LogP contribution in [0, 0.1) is 6.92 Å². The number of nitrogens with zero attached hydrogens (tertiary/aromatic N) is 2. The molecule has 0 bridgehead atoms. The van der Waals surface area contributed by atoms with Gasteiger partial charge in [0.2, 0.25) is 0 Å². The van der Waals surface area contributed by atoms with Gasteiger partial charge in [0, 0.05) is 17.6 Å². The van der Waals surface area contributed by atoms with Gasteiger partial charge >= 0.3 is 51.4 Å². The number of aromatic nitrogens is 2. The molecule has 0 radical (unpaired) electrons. The monoisotopic (exact) mass is 380 g/mol. The average Bonchev–Trinajstić information content (AvgIpc) is 2.55. The SMILES string of the molecule is Cc1cnc(C(=O)[O-])n1COCCSI.[K+]. The van der Waals surface area contributed by atoms with E-state index in [0.717, 1.165) is 11.4 Å². The van der Waals surface area contributed by atoms with E-state index in [2.05, 4.69) is 26.2 Å². The quantitative estimate of drug-likeness (QED) is 0.313. The van der Waals surface area contributed by atoms with Gasteiger partial charge in [0.1, 0.15) is 12.7 Å². The van der Waals surface area contributed by atoms with E-state index in [-0.39, 0.29) is 63.9 Å². The van der Waals surface area contributed by atoms with Crippen LogP contribution in [0.15, 0.2) is 6.20 Å². The molecule has 0 aliphatic heterocycles. The number of hydrogen-bond donors (Lipinski definition) is 0. The van der Waals surface area contributed by atoms with Crippen LogP contribution in [0.5, 0.6) is 0 Å². The Morgan fingerprint density at radius 1 is 1.75 bits per heavy atom. The molecule has 1 rings (SSSR count). The minimum atomic E-state index is -1.28. The molecular weight excluding hydrogens is 370 g/mol. The van der Waals surface area contributed by atoms with E-state index in [1.807, 2.05) is 0 Å². The van der Waals surface area contributed by atoms with Crippen LogP contribution in [0.2, 0.25) is 0 Å². The third-order valence-electron chi connectivity index (χ3n) is 1.76. The standard InChI is InChI=1S/C8H11IN2O3S.K/c1-6-4-10-7(8(12)13)11(6)5-14-2-3-15-9;/h4H,2-3,5H2,1H3,(H,12,13);/q;+1/p-1. The molecule has 0 atom stereocenters. The van der Waals surface area contributed by atoms with Crippen molar-refractivity contribution in [3.8, 4) is 0 Å². The Hall–Kier alpha value is 1.36. The summed E-state index contributed by atoms with van der Waals surface area (Å²) in [6.45, 7) is 2.56. The second kappa shape index (κ2) is 9.31. The molecule has 5 nitrogen and oxygen atoms in total. The molecular formula is C8H10IKN2O3S. The summed E-state index contributed by atoms with van der Waals surface area (Å²) in [6.07, 6.45) is 1.49. The van der Waals surface area contributed by atoms with Crippen LogP contribution >= 0.6 is 30.1 Å². The Bertz CT molecular complexity index is 348. The summed E-state index contributed by atoms with van der Waals surface area (Å²) in [7, 11) is 1.64. The van der Waals surface area contributed by atoms with E-state index in [1.54, 1.807) is 15.9 Å². The van der Waals surface area contributed by atoms with Crippen molar-refractivity contribution in [2.75, 3.05) is 12.4 Å². The van der Waals surface area contributed by atoms with Crippen molar-refractivity contribution in [1.82, 2.24) is 9.55 Å². The molecule has 8 heteroatoms. The van der Waals surface area contributed by atoms with E-state index in [4.69, 9.17) is 4.74 Å². The van der Waals surface area contributed by atoms with Crippen molar-refractivity contribution < 1.29 is 66.0 Å². The average molecular weight is 380 g/mol. The zero-order chi connectivity index (χ0) is 11.3. The number of halogens is 1. The molecule has 0 amide bonds. The van der Waals surface area contributed by atoms with E-state index < -0.39 is 5.97 Å². The first-order valence-corrected chi connectivity index (χ1v) is 7.74. The van der Waals surface area contributed by atoms with Crippen molar-refractivity contribution in [1.29, 1.82) is 0 Å². The van der Waals surface area contributed by atoms with Gasteiger partial charge in [-0.25, -0.2) is 4.98 Å². The molecule has 84 valence electrons. The minimum absolute atomic E-state index is 0. The summed E-state index contributed by atoms with van der Waals surface area (Å²) in [5.74, 6) is -0.501. The predicted octanol–water partition coefficient (Wildman–Crippen LogP) is -2.38. The fourth-order valence-electron chi connectivity index (χ4n) is 1.03. The molecule has 0 saturated heterocycles. The second-order valence-electron chi connectivity index (χ2n) is 2.79. The number of aryl methyl sites for hydroxylation is 1. The number of imidazole rings is 1. The van der Waals surface area contributed by atoms with Crippen LogP contribution in [-0.4, -0.2) is 27.9 Å². The van der Waals surface area contributed by atoms with Crippen LogP contribution in [0.4, 0.5) is 0 Å². The smallest absolute Gasteiger partial charge is 0.542 e. The van der Waals surface area contributed by atoms with Crippen LogP contribution in [0.1, 0.15) is 16.3 Å². The van der Waals surface area contributed by atoms with Gasteiger partial charge in [0.05, 0.1) is 6.61 Å². The van der Waals surface area contributed by atoms with Gasteiger partial charge < -0.3 is 19.2 Å². The third-order valence-corrected chi connectivity index (χ3v) is 3.41. The molecule has 0 unspecified atom stereocenters. The van der Waals surface area contributed by atoms with E-state index >= 15 is 0 Å². The third kappa shape index (κ3) is 5.34. The number of rotatable bonds is 6. The maximum atomic E-state index is 10.7. The molecule has 0 aromatic carbocycles. The largest absolute Gasteiger partial charge is 1.00 e. The van der Waals surface area contributed by atoms with Crippen molar-refractivity contribution in [2.45, 2.75) is 13.7 Å². The number of aromatic carboxylic acids is 1. The molecule has 1 aromatic rings. The summed E-state index contributed by atoms with van der Waals surface area (Å²) in [4.78, 5) is 14.4. The Balaban J connectivity index is 0.00000225. The first-order chi connectivity index (χ1) is 7.16. The Morgan fingerprint density at radius 2 is 2.44 bits per heavy atom. The molecule has 16 heavy (non-hydrogen) atoms. The molecule has 1 heterocycles. The van der Waals surface area contributed by atoms with Gasteiger partial charge in [-0.2, -0.15) is 0 Å². The molecule has 0 aliphatic carbocycles. The number of carbonyl (C=O) groups excluding carboxylic acids is 1. The van der Waals surface area contributed by atoms with Gasteiger partial charge in [-0.15, -0.1) is 0 Å². The van der Waals surface area contributed by atoms with Gasteiger partial charge in [0.15, 0.2) is 5.82 Å². The summed E-state index contributed by atoms with van der Waals surface area (Å²) in [5, 5.41) is 10.7. The summed E-state index contributed by atoms with van der Waals surface area (Å²) in [5.41, 5.74) is 0.747. The summed E-state index contributed by atoms with van der Waals surface area (Å²) in [6, 6.07) is 0. The van der Waals surface area contributed by atoms with Gasteiger partial charge in [-0.3, -0.25) is 0 Å². The second-order valence-corrected chi connectivity index (χ2v) is 5.28. The van der Waals surface area contributed by atoms with Crippen molar-refractivity contribution in [3.05, 3.63) is 17.7 Å². The molecule has 0 N–H and O–H groups in total. The first kappa shape index (κ1) is 17.4. The van der Waals surface area contributed by atoms with E-state index in [0.29, 0.717) is 6.61 Å². The number of carboxylic acid groups (broad SMARTS) is 1. The van der Waals surface area contributed by atoms with E-state index in [1.165, 1.54) is 10.8 Å². The normalized spacial score (nSPS) is 9.88. The van der Waals surface area contributed by atoms with Gasteiger partial charge in [-0.1, -0.05) is 8.93 Å². The Kier molecular flexibility index (Phi) is 10.1. The van der Waals surface area contributed by atoms with Crippen molar-refractivity contribution in [3.63, 3.8) is 0 Å². The Labute approximate surface area is 153 Å². The van der Waals surface area contributed by atoms with Crippen LogP contribution < -0.4 is 56.5 Å². The first-order valence-electron chi connectivity index (χ1n) is 4.21. The van der Waals surface area contributed by atoms with Gasteiger partial charge in [-0.05, 0) is 28.1 Å². The number of carbonyl (C=O) groups is 1. The minimum Gasteiger partial charge on any atom is -0.542 e. The van der Waals surface area contributed by atoms with Crippen LogP contribution in [0.25, 0.3) is 0 Å². The van der Waals surface area contributed by atoms with Crippen molar-refractivity contribution in [2.24, 2.45) is 0 Å². The topological polar surface area (TPSA) is 67.2 Å². The zero-order valence-electron chi connectivity index (χ0n) is 9.10. The van der Waals surface area contributed by atoms with Gasteiger partial charge in [0.25, 0.3) is 0 Å². The summed E-state index contributed by atoms with van der Waals surface area (Å²) < 4.78 is 6.78. The predicted molar refractivity (Wildman–Crippen MR) is 63.7 cm³/mol. The number of carboxylic acids is 1.